The van der Waals surface area contributed by atoms with Gasteiger partial charge < -0.3 is 15.6 Å². The van der Waals surface area contributed by atoms with Gasteiger partial charge in [0, 0.05) is 11.3 Å². The molecule has 3 N–H and O–H groups in total. The summed E-state index contributed by atoms with van der Waals surface area (Å²) in [7, 11) is 1.52. The molecule has 20 heavy (non-hydrogen) atoms. The molecule has 0 unspecified atom stereocenters. The molecule has 0 bridgehead atoms. The number of methoxy groups -OCH3 is 1. The SMILES string of the molecule is COc1ccc(C(=O)c2c(N)cccc2C(=O)O)cc1. The van der Waals surface area contributed by atoms with Crippen molar-refractivity contribution >= 4 is 17.4 Å². The lowest BCUT2D eigenvalue weighted by Gasteiger charge is -2.09. The number of carboxylic acids is 1. The molecule has 0 heterocycles. The maximum Gasteiger partial charge on any atom is 0.336 e. The van der Waals surface area contributed by atoms with Crippen molar-refractivity contribution in [2.45, 2.75) is 0 Å². The molecule has 0 aromatic heterocycles. The number of ether oxygens (including phenoxy) is 1. The van der Waals surface area contributed by atoms with Crippen LogP contribution in [0.15, 0.2) is 42.5 Å². The van der Waals surface area contributed by atoms with Gasteiger partial charge in [-0.2, -0.15) is 0 Å². The van der Waals surface area contributed by atoms with E-state index in [4.69, 9.17) is 15.6 Å². The van der Waals surface area contributed by atoms with E-state index in [0.29, 0.717) is 11.3 Å². The van der Waals surface area contributed by atoms with Crippen LogP contribution in [0.3, 0.4) is 0 Å². The first-order valence-electron chi connectivity index (χ1n) is 5.85. The van der Waals surface area contributed by atoms with E-state index in [2.05, 4.69) is 0 Å². The molecule has 0 aliphatic rings. The van der Waals surface area contributed by atoms with Crippen LogP contribution in [0.25, 0.3) is 0 Å². The Bertz CT molecular complexity index is 662. The molecule has 0 saturated carbocycles. The number of nitrogens with two attached hydrogens (primary N) is 1. The summed E-state index contributed by atoms with van der Waals surface area (Å²) in [5.74, 6) is -1.00. The van der Waals surface area contributed by atoms with Gasteiger partial charge in [-0.3, -0.25) is 4.79 Å². The van der Waals surface area contributed by atoms with E-state index in [-0.39, 0.29) is 16.8 Å². The van der Waals surface area contributed by atoms with Crippen LogP contribution in [0, 0.1) is 0 Å². The van der Waals surface area contributed by atoms with Crippen LogP contribution in [0.2, 0.25) is 0 Å². The highest BCUT2D eigenvalue weighted by Crippen LogP contribution is 2.22. The summed E-state index contributed by atoms with van der Waals surface area (Å²) in [5.41, 5.74) is 6.14. The summed E-state index contributed by atoms with van der Waals surface area (Å²) in [5, 5.41) is 9.14. The Hall–Kier alpha value is -2.82. The maximum atomic E-state index is 12.4. The van der Waals surface area contributed by atoms with Crippen LogP contribution < -0.4 is 10.5 Å². The van der Waals surface area contributed by atoms with Crippen molar-refractivity contribution in [2.24, 2.45) is 0 Å². The van der Waals surface area contributed by atoms with Crippen LogP contribution in [-0.2, 0) is 0 Å². The van der Waals surface area contributed by atoms with Gasteiger partial charge in [0.2, 0.25) is 0 Å². The number of carbonyl (C=O) groups excluding carboxylic acids is 1. The fourth-order valence-corrected chi connectivity index (χ4v) is 1.89. The Kier molecular flexibility index (Phi) is 3.70. The van der Waals surface area contributed by atoms with Crippen molar-refractivity contribution in [1.29, 1.82) is 0 Å². The van der Waals surface area contributed by atoms with Gasteiger partial charge in [-0.1, -0.05) is 6.07 Å². The first-order valence-corrected chi connectivity index (χ1v) is 5.85. The number of rotatable bonds is 4. The van der Waals surface area contributed by atoms with Crippen LogP contribution >= 0.6 is 0 Å². The van der Waals surface area contributed by atoms with E-state index >= 15 is 0 Å². The minimum absolute atomic E-state index is 0.00478. The number of nitrogen functional groups attached to an aromatic ring is 1. The van der Waals surface area contributed by atoms with Crippen molar-refractivity contribution in [1.82, 2.24) is 0 Å². The second kappa shape index (κ2) is 5.44. The molecule has 0 atom stereocenters. The molecule has 2 rings (SSSR count). The molecule has 0 amide bonds. The molecule has 0 aliphatic heterocycles. The molecule has 102 valence electrons. The van der Waals surface area contributed by atoms with E-state index in [0.717, 1.165) is 0 Å². The second-order valence-corrected chi connectivity index (χ2v) is 4.13. The Labute approximate surface area is 115 Å². The standard InChI is InChI=1S/C15H13NO4/c1-20-10-7-5-9(6-8-10)14(17)13-11(15(18)19)3-2-4-12(13)16/h2-8H,16H2,1H3,(H,18,19). The first kappa shape index (κ1) is 13.6. The quantitative estimate of drug-likeness (QED) is 0.657. The van der Waals surface area contributed by atoms with Gasteiger partial charge >= 0.3 is 5.97 Å². The predicted molar refractivity (Wildman–Crippen MR) is 74.2 cm³/mol. The van der Waals surface area contributed by atoms with E-state index in [9.17, 15) is 9.59 Å². The molecular formula is C15H13NO4. The zero-order valence-corrected chi connectivity index (χ0v) is 10.8. The summed E-state index contributed by atoms with van der Waals surface area (Å²) < 4.78 is 5.01. The molecule has 0 saturated heterocycles. The van der Waals surface area contributed by atoms with E-state index in [1.165, 1.54) is 25.3 Å². The third-order valence-electron chi connectivity index (χ3n) is 2.91. The van der Waals surface area contributed by atoms with E-state index in [1.54, 1.807) is 24.3 Å². The van der Waals surface area contributed by atoms with E-state index < -0.39 is 11.8 Å². The molecule has 2 aromatic rings. The normalized spacial score (nSPS) is 10.1. The van der Waals surface area contributed by atoms with Gasteiger partial charge in [-0.25, -0.2) is 4.79 Å². The lowest BCUT2D eigenvalue weighted by atomic mass is 9.96. The first-order chi connectivity index (χ1) is 9.54. The van der Waals surface area contributed by atoms with Crippen LogP contribution in [0.1, 0.15) is 26.3 Å². The average molecular weight is 271 g/mol. The summed E-state index contributed by atoms with van der Waals surface area (Å²) in [6.45, 7) is 0. The summed E-state index contributed by atoms with van der Waals surface area (Å²) >= 11 is 0. The van der Waals surface area contributed by atoms with Crippen molar-refractivity contribution in [2.75, 3.05) is 12.8 Å². The summed E-state index contributed by atoms with van der Waals surface area (Å²) in [6.07, 6.45) is 0. The summed E-state index contributed by atoms with van der Waals surface area (Å²) in [6, 6.07) is 10.8. The largest absolute Gasteiger partial charge is 0.497 e. The Balaban J connectivity index is 2.50. The lowest BCUT2D eigenvalue weighted by molar-refractivity contribution is 0.0693. The molecule has 5 nitrogen and oxygen atoms in total. The van der Waals surface area contributed by atoms with Gasteiger partial charge in [-0.05, 0) is 36.4 Å². The van der Waals surface area contributed by atoms with Crippen LogP contribution in [0.4, 0.5) is 5.69 Å². The van der Waals surface area contributed by atoms with Crippen molar-refractivity contribution in [3.63, 3.8) is 0 Å². The maximum absolute atomic E-state index is 12.4. The third-order valence-corrected chi connectivity index (χ3v) is 2.91. The number of carboxylic acid groups (broad SMARTS) is 1. The number of hydrogen-bond acceptors (Lipinski definition) is 4. The molecule has 0 spiro atoms. The highest BCUT2D eigenvalue weighted by molar-refractivity contribution is 6.17. The molecule has 2 aromatic carbocycles. The van der Waals surface area contributed by atoms with Gasteiger partial charge in [0.15, 0.2) is 5.78 Å². The smallest absolute Gasteiger partial charge is 0.336 e. The number of benzene rings is 2. The van der Waals surface area contributed by atoms with E-state index in [1.807, 2.05) is 0 Å². The number of anilines is 1. The Morgan fingerprint density at radius 2 is 1.75 bits per heavy atom. The fraction of sp³-hybridized carbons (Fsp3) is 0.0667. The van der Waals surface area contributed by atoms with Gasteiger partial charge in [0.25, 0.3) is 0 Å². The number of carbonyl (C=O) groups is 2. The molecule has 5 heteroatoms. The molecule has 0 radical (unpaired) electrons. The number of ketones is 1. The minimum Gasteiger partial charge on any atom is -0.497 e. The lowest BCUT2D eigenvalue weighted by Crippen LogP contribution is -2.12. The van der Waals surface area contributed by atoms with Crippen molar-refractivity contribution < 1.29 is 19.4 Å². The minimum atomic E-state index is -1.19. The number of aromatic carboxylic acids is 1. The van der Waals surface area contributed by atoms with Gasteiger partial charge in [0.05, 0.1) is 18.2 Å². The predicted octanol–water partition coefficient (Wildman–Crippen LogP) is 2.21. The average Bonchev–Trinajstić information content (AvgIpc) is 2.46. The number of hydrogen-bond donors (Lipinski definition) is 2. The highest BCUT2D eigenvalue weighted by Gasteiger charge is 2.20. The monoisotopic (exact) mass is 271 g/mol. The third kappa shape index (κ3) is 2.47. The van der Waals surface area contributed by atoms with Crippen molar-refractivity contribution in [3.8, 4) is 5.75 Å². The topological polar surface area (TPSA) is 89.6 Å². The highest BCUT2D eigenvalue weighted by atomic mass is 16.5. The Morgan fingerprint density at radius 1 is 1.10 bits per heavy atom. The Morgan fingerprint density at radius 3 is 2.30 bits per heavy atom. The van der Waals surface area contributed by atoms with Crippen molar-refractivity contribution in [3.05, 3.63) is 59.2 Å². The second-order valence-electron chi connectivity index (χ2n) is 4.13. The van der Waals surface area contributed by atoms with Crippen LogP contribution in [-0.4, -0.2) is 24.0 Å². The molecular weight excluding hydrogens is 258 g/mol. The summed E-state index contributed by atoms with van der Waals surface area (Å²) in [4.78, 5) is 23.6. The zero-order valence-electron chi connectivity index (χ0n) is 10.8. The molecule has 0 fully saturated rings. The van der Waals surface area contributed by atoms with Crippen LogP contribution in [0.5, 0.6) is 5.75 Å². The zero-order chi connectivity index (χ0) is 14.7. The van der Waals surface area contributed by atoms with Gasteiger partial charge in [-0.15, -0.1) is 0 Å². The van der Waals surface area contributed by atoms with Gasteiger partial charge in [0.1, 0.15) is 5.75 Å². The fourth-order valence-electron chi connectivity index (χ4n) is 1.89. The molecule has 0 aliphatic carbocycles.